The van der Waals surface area contributed by atoms with Crippen molar-refractivity contribution in [2.75, 3.05) is 5.32 Å². The summed E-state index contributed by atoms with van der Waals surface area (Å²) in [4.78, 5) is 12.9. The van der Waals surface area contributed by atoms with Gasteiger partial charge in [-0.05, 0) is 39.3 Å². The van der Waals surface area contributed by atoms with Crippen LogP contribution in [0.4, 0.5) is 5.82 Å². The summed E-state index contributed by atoms with van der Waals surface area (Å²) >= 11 is 6.42. The first kappa shape index (κ1) is 16.6. The molecular formula is C18H20ClN3O2. The van der Waals surface area contributed by atoms with Gasteiger partial charge >= 0.3 is 5.97 Å². The molecular weight excluding hydrogens is 326 g/mol. The second-order valence-electron chi connectivity index (χ2n) is 6.82. The third-order valence-electron chi connectivity index (χ3n) is 3.82. The Balaban J connectivity index is 2.14. The summed E-state index contributed by atoms with van der Waals surface area (Å²) < 4.78 is 5.62. The van der Waals surface area contributed by atoms with E-state index in [1.807, 2.05) is 52.0 Å². The molecule has 0 saturated heterocycles. The average Bonchev–Trinajstić information content (AvgIpc) is 2.92. The number of carbonyl (C=O) groups is 1. The molecule has 1 aromatic heterocycles. The summed E-state index contributed by atoms with van der Waals surface area (Å²) in [6.07, 6.45) is 1.72. The van der Waals surface area contributed by atoms with E-state index in [2.05, 4.69) is 15.5 Å². The number of aromatic nitrogens is 2. The van der Waals surface area contributed by atoms with Gasteiger partial charge < -0.3 is 10.1 Å². The van der Waals surface area contributed by atoms with Crippen molar-refractivity contribution in [3.8, 4) is 0 Å². The number of esters is 1. The maximum atomic E-state index is 12.9. The Bertz CT molecular complexity index is 818. The Kier molecular flexibility index (Phi) is 4.13. The van der Waals surface area contributed by atoms with Crippen LogP contribution in [0.5, 0.6) is 0 Å². The van der Waals surface area contributed by atoms with Gasteiger partial charge in [0.2, 0.25) is 0 Å². The standard InChI is InChI=1S/C18H20ClN3O2/c1-10-14(17(23)24-18(2,3)4)15(11-7-5-6-8-13(11)19)12-9-20-22-16(12)21-10/h5-9,15H,1-4H3,(H2,20,21,22). The van der Waals surface area contributed by atoms with E-state index < -0.39 is 5.60 Å². The Labute approximate surface area is 146 Å². The van der Waals surface area contributed by atoms with Crippen molar-refractivity contribution in [3.63, 3.8) is 0 Å². The van der Waals surface area contributed by atoms with Crippen LogP contribution in [0.2, 0.25) is 5.02 Å². The summed E-state index contributed by atoms with van der Waals surface area (Å²) in [5.41, 5.74) is 2.42. The number of nitrogens with one attached hydrogen (secondary N) is 2. The van der Waals surface area contributed by atoms with Gasteiger partial charge in [-0.15, -0.1) is 0 Å². The number of carbonyl (C=O) groups excluding carboxylic acids is 1. The maximum absolute atomic E-state index is 12.9. The first-order valence-corrected chi connectivity index (χ1v) is 8.14. The fourth-order valence-corrected chi connectivity index (χ4v) is 3.12. The van der Waals surface area contributed by atoms with Gasteiger partial charge in [-0.2, -0.15) is 5.10 Å². The number of halogens is 1. The highest BCUT2D eigenvalue weighted by atomic mass is 35.5. The van der Waals surface area contributed by atoms with Crippen LogP contribution in [0.25, 0.3) is 0 Å². The monoisotopic (exact) mass is 345 g/mol. The predicted molar refractivity (Wildman–Crippen MR) is 94.1 cm³/mol. The number of ether oxygens (including phenoxy) is 1. The Morgan fingerprint density at radius 3 is 2.62 bits per heavy atom. The van der Waals surface area contributed by atoms with Crippen LogP contribution in [0, 0.1) is 0 Å². The van der Waals surface area contributed by atoms with E-state index in [4.69, 9.17) is 16.3 Å². The number of fused-ring (bicyclic) bond motifs is 1. The van der Waals surface area contributed by atoms with Gasteiger partial charge in [0.25, 0.3) is 0 Å². The number of anilines is 1. The molecule has 2 heterocycles. The van der Waals surface area contributed by atoms with E-state index in [-0.39, 0.29) is 11.9 Å². The molecule has 1 aliphatic rings. The normalized spacial score (nSPS) is 17.3. The Morgan fingerprint density at radius 1 is 1.25 bits per heavy atom. The highest BCUT2D eigenvalue weighted by Gasteiger charge is 2.36. The quantitative estimate of drug-likeness (QED) is 0.799. The van der Waals surface area contributed by atoms with Crippen molar-refractivity contribution in [2.45, 2.75) is 39.2 Å². The van der Waals surface area contributed by atoms with E-state index in [1.165, 1.54) is 0 Å². The van der Waals surface area contributed by atoms with Crippen LogP contribution in [-0.2, 0) is 9.53 Å². The molecule has 0 fully saturated rings. The van der Waals surface area contributed by atoms with Crippen LogP contribution in [-0.4, -0.2) is 21.8 Å². The van der Waals surface area contributed by atoms with Crippen molar-refractivity contribution in [2.24, 2.45) is 0 Å². The first-order chi connectivity index (χ1) is 11.3. The predicted octanol–water partition coefficient (Wildman–Crippen LogP) is 4.24. The van der Waals surface area contributed by atoms with Gasteiger partial charge in [0.05, 0.1) is 11.8 Å². The lowest BCUT2D eigenvalue weighted by molar-refractivity contribution is -0.150. The third kappa shape index (κ3) is 3.04. The Morgan fingerprint density at radius 2 is 1.96 bits per heavy atom. The molecule has 0 spiro atoms. The number of H-pyrrole nitrogens is 1. The summed E-state index contributed by atoms with van der Waals surface area (Å²) in [5, 5.41) is 10.8. The number of allylic oxidation sites excluding steroid dienone is 1. The zero-order valence-electron chi connectivity index (χ0n) is 14.1. The fourth-order valence-electron chi connectivity index (χ4n) is 2.88. The molecule has 126 valence electrons. The minimum atomic E-state index is -0.577. The van der Waals surface area contributed by atoms with E-state index in [9.17, 15) is 4.79 Å². The van der Waals surface area contributed by atoms with Crippen LogP contribution in [0.1, 0.15) is 44.7 Å². The lowest BCUT2D eigenvalue weighted by Crippen LogP contribution is -2.30. The fraction of sp³-hybridized carbons (Fsp3) is 0.333. The SMILES string of the molecule is CC1=C(C(=O)OC(C)(C)C)C(c2ccccc2Cl)c2cn[nH]c2N1. The van der Waals surface area contributed by atoms with E-state index in [0.29, 0.717) is 10.6 Å². The van der Waals surface area contributed by atoms with Crippen molar-refractivity contribution in [1.82, 2.24) is 10.2 Å². The highest BCUT2D eigenvalue weighted by molar-refractivity contribution is 6.31. The van der Waals surface area contributed by atoms with Crippen molar-refractivity contribution >= 4 is 23.4 Å². The third-order valence-corrected chi connectivity index (χ3v) is 4.16. The van der Waals surface area contributed by atoms with Gasteiger partial charge in [-0.3, -0.25) is 5.10 Å². The molecule has 0 aliphatic carbocycles. The largest absolute Gasteiger partial charge is 0.457 e. The first-order valence-electron chi connectivity index (χ1n) is 7.77. The second-order valence-corrected chi connectivity index (χ2v) is 7.23. The molecule has 0 amide bonds. The smallest absolute Gasteiger partial charge is 0.337 e. The van der Waals surface area contributed by atoms with Crippen molar-refractivity contribution < 1.29 is 9.53 Å². The van der Waals surface area contributed by atoms with Crippen LogP contribution < -0.4 is 5.32 Å². The second kappa shape index (κ2) is 5.98. The minimum absolute atomic E-state index is 0.330. The van der Waals surface area contributed by atoms with Crippen molar-refractivity contribution in [3.05, 3.63) is 57.9 Å². The molecule has 1 aromatic carbocycles. The van der Waals surface area contributed by atoms with Gasteiger partial charge in [-0.25, -0.2) is 4.79 Å². The molecule has 2 N–H and O–H groups in total. The number of hydrogen-bond donors (Lipinski definition) is 2. The molecule has 0 bridgehead atoms. The van der Waals surface area contributed by atoms with E-state index in [0.717, 1.165) is 22.6 Å². The lowest BCUT2D eigenvalue weighted by Gasteiger charge is -2.30. The van der Waals surface area contributed by atoms with E-state index in [1.54, 1.807) is 6.20 Å². The summed E-state index contributed by atoms with van der Waals surface area (Å²) in [7, 11) is 0. The van der Waals surface area contributed by atoms with Gasteiger partial charge in [0.15, 0.2) is 0 Å². The summed E-state index contributed by atoms with van der Waals surface area (Å²) in [6, 6.07) is 7.52. The molecule has 0 radical (unpaired) electrons. The van der Waals surface area contributed by atoms with Crippen molar-refractivity contribution in [1.29, 1.82) is 0 Å². The molecule has 24 heavy (non-hydrogen) atoms. The minimum Gasteiger partial charge on any atom is -0.457 e. The van der Waals surface area contributed by atoms with Gasteiger partial charge in [-0.1, -0.05) is 29.8 Å². The van der Waals surface area contributed by atoms with Crippen LogP contribution in [0.3, 0.4) is 0 Å². The number of aromatic amines is 1. The van der Waals surface area contributed by atoms with Crippen LogP contribution >= 0.6 is 11.6 Å². The topological polar surface area (TPSA) is 67.0 Å². The van der Waals surface area contributed by atoms with Gasteiger partial charge in [0, 0.05) is 22.2 Å². The zero-order valence-corrected chi connectivity index (χ0v) is 14.9. The summed E-state index contributed by atoms with van der Waals surface area (Å²) in [5.74, 6) is 0.0811. The molecule has 1 unspecified atom stereocenters. The molecule has 2 aromatic rings. The number of nitrogens with zero attached hydrogens (tertiary/aromatic N) is 1. The maximum Gasteiger partial charge on any atom is 0.337 e. The number of rotatable bonds is 2. The number of benzene rings is 1. The number of hydrogen-bond acceptors (Lipinski definition) is 4. The molecule has 1 atom stereocenters. The molecule has 5 nitrogen and oxygen atoms in total. The molecule has 6 heteroatoms. The summed E-state index contributed by atoms with van der Waals surface area (Å²) in [6.45, 7) is 7.41. The van der Waals surface area contributed by atoms with E-state index >= 15 is 0 Å². The molecule has 0 saturated carbocycles. The molecule has 3 rings (SSSR count). The van der Waals surface area contributed by atoms with Crippen LogP contribution in [0.15, 0.2) is 41.7 Å². The van der Waals surface area contributed by atoms with Gasteiger partial charge in [0.1, 0.15) is 11.4 Å². The lowest BCUT2D eigenvalue weighted by atomic mass is 9.82. The zero-order chi connectivity index (χ0) is 17.5. The highest BCUT2D eigenvalue weighted by Crippen LogP contribution is 2.43. The molecule has 1 aliphatic heterocycles. The average molecular weight is 346 g/mol. The Hall–Kier alpha value is -2.27.